The molecular weight excluding hydrogens is 501 g/mol. The molecule has 174 valence electrons. The van der Waals surface area contributed by atoms with Crippen LogP contribution in [0.5, 0.6) is 0 Å². The van der Waals surface area contributed by atoms with Crippen molar-refractivity contribution in [2.75, 3.05) is 25.0 Å². The monoisotopic (exact) mass is 541 g/mol. The highest BCUT2D eigenvalue weighted by molar-refractivity contribution is 14.0. The second-order valence-electron chi connectivity index (χ2n) is 8.76. The van der Waals surface area contributed by atoms with Gasteiger partial charge in [-0.2, -0.15) is 0 Å². The van der Waals surface area contributed by atoms with Crippen LogP contribution in [0.4, 0.5) is 5.69 Å². The average molecular weight is 542 g/mol. The van der Waals surface area contributed by atoms with Gasteiger partial charge in [-0.05, 0) is 50.3 Å². The van der Waals surface area contributed by atoms with E-state index in [1.165, 1.54) is 38.6 Å². The van der Waals surface area contributed by atoms with Crippen molar-refractivity contribution >= 4 is 41.5 Å². The van der Waals surface area contributed by atoms with E-state index in [1.807, 2.05) is 32.0 Å². The lowest BCUT2D eigenvalue weighted by molar-refractivity contribution is -0.119. The van der Waals surface area contributed by atoms with E-state index < -0.39 is 0 Å². The number of hydrogen-bond donors (Lipinski definition) is 3. The van der Waals surface area contributed by atoms with Crippen LogP contribution in [0.3, 0.4) is 0 Å². The van der Waals surface area contributed by atoms with Crippen molar-refractivity contribution in [1.29, 1.82) is 0 Å². The Labute approximate surface area is 205 Å². The maximum absolute atomic E-state index is 12.2. The lowest BCUT2D eigenvalue weighted by Gasteiger charge is -2.24. The molecule has 0 bridgehead atoms. The Bertz CT molecular complexity index is 720. The van der Waals surface area contributed by atoms with Gasteiger partial charge in [-0.3, -0.25) is 9.69 Å². The third kappa shape index (κ3) is 7.93. The summed E-state index contributed by atoms with van der Waals surface area (Å²) in [6.45, 7) is 9.82. The van der Waals surface area contributed by atoms with Gasteiger partial charge in [0.05, 0.1) is 6.54 Å². The Balaban J connectivity index is 0.00000341. The molecule has 1 aromatic rings. The molecule has 1 saturated carbocycles. The number of carbonyl (C=O) groups is 1. The molecule has 1 aliphatic carbocycles. The first kappa shape index (κ1) is 25.9. The molecule has 2 aliphatic rings. The Morgan fingerprint density at radius 2 is 2.00 bits per heavy atom. The van der Waals surface area contributed by atoms with Gasteiger partial charge in [0.1, 0.15) is 0 Å². The van der Waals surface area contributed by atoms with Gasteiger partial charge in [-0.25, -0.2) is 4.99 Å². The summed E-state index contributed by atoms with van der Waals surface area (Å²) in [5.41, 5.74) is 1.93. The van der Waals surface area contributed by atoms with Gasteiger partial charge in [0.25, 0.3) is 0 Å². The summed E-state index contributed by atoms with van der Waals surface area (Å²) in [5.74, 6) is 0.970. The predicted octanol–water partition coefficient (Wildman–Crippen LogP) is 4.36. The fourth-order valence-electron chi connectivity index (χ4n) is 4.39. The van der Waals surface area contributed by atoms with Crippen molar-refractivity contribution in [3.63, 3.8) is 0 Å². The lowest BCUT2D eigenvalue weighted by Crippen LogP contribution is -2.45. The maximum Gasteiger partial charge on any atom is 0.227 e. The summed E-state index contributed by atoms with van der Waals surface area (Å²) in [7, 11) is 0. The summed E-state index contributed by atoms with van der Waals surface area (Å²) in [6.07, 6.45) is 7.53. The maximum atomic E-state index is 12.2. The van der Waals surface area contributed by atoms with E-state index in [1.54, 1.807) is 0 Å². The Morgan fingerprint density at radius 3 is 2.71 bits per heavy atom. The third-order valence-corrected chi connectivity index (χ3v) is 6.42. The number of carbonyl (C=O) groups excluding carboxylic acids is 1. The first-order chi connectivity index (χ1) is 14.6. The first-order valence-electron chi connectivity index (χ1n) is 11.8. The number of nitrogens with one attached hydrogen (secondary N) is 3. The molecule has 7 heteroatoms. The van der Waals surface area contributed by atoms with Crippen LogP contribution in [0.2, 0.25) is 0 Å². The van der Waals surface area contributed by atoms with Crippen molar-refractivity contribution in [3.8, 4) is 0 Å². The van der Waals surface area contributed by atoms with Crippen LogP contribution in [-0.4, -0.2) is 48.5 Å². The molecule has 1 saturated heterocycles. The van der Waals surface area contributed by atoms with Gasteiger partial charge in [0.2, 0.25) is 5.91 Å². The van der Waals surface area contributed by atoms with Crippen LogP contribution < -0.4 is 16.0 Å². The highest BCUT2D eigenvalue weighted by Gasteiger charge is 2.30. The molecule has 0 spiro atoms. The smallest absolute Gasteiger partial charge is 0.227 e. The van der Waals surface area contributed by atoms with Crippen molar-refractivity contribution in [2.24, 2.45) is 10.9 Å². The molecule has 31 heavy (non-hydrogen) atoms. The second-order valence-corrected chi connectivity index (χ2v) is 8.76. The van der Waals surface area contributed by atoms with Gasteiger partial charge in [-0.15, -0.1) is 24.0 Å². The third-order valence-electron chi connectivity index (χ3n) is 6.42. The number of halogens is 1. The van der Waals surface area contributed by atoms with E-state index in [9.17, 15) is 4.79 Å². The number of rotatable bonds is 8. The molecule has 0 radical (unpaired) electrons. The Morgan fingerprint density at radius 1 is 1.23 bits per heavy atom. The lowest BCUT2D eigenvalue weighted by atomic mass is 10.1. The number of nitrogens with zero attached hydrogens (tertiary/aromatic N) is 2. The zero-order chi connectivity index (χ0) is 21.3. The van der Waals surface area contributed by atoms with E-state index >= 15 is 0 Å². The molecule has 2 fully saturated rings. The summed E-state index contributed by atoms with van der Waals surface area (Å²) in [6, 6.07) is 9.25. The molecule has 1 aromatic carbocycles. The van der Waals surface area contributed by atoms with Crippen LogP contribution in [-0.2, 0) is 11.3 Å². The minimum Gasteiger partial charge on any atom is -0.357 e. The minimum absolute atomic E-state index is 0. The van der Waals surface area contributed by atoms with E-state index in [4.69, 9.17) is 4.99 Å². The van der Waals surface area contributed by atoms with Crippen LogP contribution in [0.1, 0.15) is 64.9 Å². The van der Waals surface area contributed by atoms with Crippen LogP contribution >= 0.6 is 24.0 Å². The predicted molar refractivity (Wildman–Crippen MR) is 140 cm³/mol. The SMILES string of the molecule is CCNC(=NCc1cccc(NC(=O)C(C)CC)c1)NC1CCN(C2CCCC2)C1.I. The van der Waals surface area contributed by atoms with Crippen molar-refractivity contribution in [2.45, 2.75) is 77.9 Å². The molecule has 2 atom stereocenters. The molecule has 1 amide bonds. The zero-order valence-corrected chi connectivity index (χ0v) is 21.7. The van der Waals surface area contributed by atoms with Gasteiger partial charge < -0.3 is 16.0 Å². The molecule has 0 aromatic heterocycles. The molecule has 1 aliphatic heterocycles. The molecule has 6 nitrogen and oxygen atoms in total. The van der Waals surface area contributed by atoms with Crippen LogP contribution in [0.15, 0.2) is 29.3 Å². The fraction of sp³-hybridized carbons (Fsp3) is 0.667. The number of benzene rings is 1. The van der Waals surface area contributed by atoms with E-state index in [-0.39, 0.29) is 35.8 Å². The molecule has 1 heterocycles. The zero-order valence-electron chi connectivity index (χ0n) is 19.3. The van der Waals surface area contributed by atoms with Gasteiger partial charge in [-0.1, -0.05) is 38.8 Å². The molecule has 3 rings (SSSR count). The standard InChI is InChI=1S/C24H39N5O.HI/c1-4-18(3)23(30)27-20-10-8-9-19(15-20)16-26-24(25-5-2)28-21-13-14-29(17-21)22-11-6-7-12-22;/h8-10,15,18,21-22H,4-7,11-14,16-17H2,1-3H3,(H,27,30)(H2,25,26,28);1H. The van der Waals surface area contributed by atoms with Crippen LogP contribution in [0.25, 0.3) is 0 Å². The van der Waals surface area contributed by atoms with Gasteiger partial charge in [0, 0.05) is 43.3 Å². The number of aliphatic imine (C=N–C) groups is 1. The highest BCUT2D eigenvalue weighted by Crippen LogP contribution is 2.26. The topological polar surface area (TPSA) is 68.8 Å². The van der Waals surface area contributed by atoms with Crippen molar-refractivity contribution < 1.29 is 4.79 Å². The van der Waals surface area contributed by atoms with Crippen LogP contribution in [0, 0.1) is 5.92 Å². The van der Waals surface area contributed by atoms with E-state index in [0.29, 0.717) is 12.6 Å². The quantitative estimate of drug-likeness (QED) is 0.260. The summed E-state index contributed by atoms with van der Waals surface area (Å²) >= 11 is 0. The number of hydrogen-bond acceptors (Lipinski definition) is 3. The van der Waals surface area contributed by atoms with Gasteiger partial charge in [0.15, 0.2) is 5.96 Å². The van der Waals surface area contributed by atoms with Gasteiger partial charge >= 0.3 is 0 Å². The minimum atomic E-state index is 0. The van der Waals surface area contributed by atoms with E-state index in [0.717, 1.165) is 42.8 Å². The largest absolute Gasteiger partial charge is 0.357 e. The number of likely N-dealkylation sites (tertiary alicyclic amines) is 1. The molecule has 3 N–H and O–H groups in total. The molecule has 2 unspecified atom stereocenters. The number of amides is 1. The Kier molecular flexibility index (Phi) is 11.1. The highest BCUT2D eigenvalue weighted by atomic mass is 127. The summed E-state index contributed by atoms with van der Waals surface area (Å²) < 4.78 is 0. The van der Waals surface area contributed by atoms with Crippen molar-refractivity contribution in [3.05, 3.63) is 29.8 Å². The number of anilines is 1. The molecular formula is C24H40IN5O. The Hall–Kier alpha value is -1.35. The summed E-state index contributed by atoms with van der Waals surface area (Å²) in [4.78, 5) is 19.6. The second kappa shape index (κ2) is 13.3. The van der Waals surface area contributed by atoms with Crippen molar-refractivity contribution in [1.82, 2.24) is 15.5 Å². The van der Waals surface area contributed by atoms with E-state index in [2.05, 4.69) is 33.8 Å². The average Bonchev–Trinajstić information content (AvgIpc) is 3.44. The first-order valence-corrected chi connectivity index (χ1v) is 11.8. The fourth-order valence-corrected chi connectivity index (χ4v) is 4.39. The normalized spacial score (nSPS) is 20.9. The summed E-state index contributed by atoms with van der Waals surface area (Å²) in [5, 5.41) is 10.0. The number of guanidine groups is 1.